The SMILES string of the molecule is Cc1ccc(COCC(Cl)Cl)c(N2C(=O)CS/C2=N\C(=O)Nc2ccc(-c3ncn(-c4ccc(OC(F)F)c(F)c4)n3)cc2F)c1. The van der Waals surface area contributed by atoms with Crippen molar-refractivity contribution in [2.45, 2.75) is 25.0 Å². The van der Waals surface area contributed by atoms with Gasteiger partial charge >= 0.3 is 12.6 Å². The zero-order chi connectivity index (χ0) is 33.0. The van der Waals surface area contributed by atoms with Gasteiger partial charge in [-0.25, -0.2) is 23.2 Å². The number of hydrogen-bond donors (Lipinski definition) is 1. The van der Waals surface area contributed by atoms with E-state index >= 15 is 4.39 Å². The van der Waals surface area contributed by atoms with Gasteiger partial charge in [-0.15, -0.1) is 28.3 Å². The third kappa shape index (κ3) is 7.96. The fourth-order valence-corrected chi connectivity index (χ4v) is 5.31. The van der Waals surface area contributed by atoms with Crippen molar-refractivity contribution in [1.29, 1.82) is 0 Å². The number of aliphatic imine (C=N–C) groups is 1. The van der Waals surface area contributed by atoms with E-state index in [0.717, 1.165) is 35.5 Å². The molecule has 0 aliphatic carbocycles. The zero-order valence-electron chi connectivity index (χ0n) is 23.6. The molecule has 4 aromatic rings. The van der Waals surface area contributed by atoms with Gasteiger partial charge in [0.05, 0.1) is 36.0 Å². The Morgan fingerprint density at radius 3 is 2.63 bits per heavy atom. The summed E-state index contributed by atoms with van der Waals surface area (Å²) in [5.41, 5.74) is 2.16. The molecule has 2 heterocycles. The summed E-state index contributed by atoms with van der Waals surface area (Å²) >= 11 is 12.5. The number of benzene rings is 3. The molecule has 0 bridgehead atoms. The molecule has 0 atom stereocenters. The Hall–Kier alpha value is -4.18. The van der Waals surface area contributed by atoms with Crippen molar-refractivity contribution >= 4 is 63.4 Å². The van der Waals surface area contributed by atoms with E-state index in [4.69, 9.17) is 27.9 Å². The van der Waals surface area contributed by atoms with Crippen LogP contribution in [0.2, 0.25) is 0 Å². The van der Waals surface area contributed by atoms with Crippen molar-refractivity contribution in [3.8, 4) is 22.8 Å². The van der Waals surface area contributed by atoms with Crippen molar-refractivity contribution in [2.75, 3.05) is 22.6 Å². The third-order valence-corrected chi connectivity index (χ3v) is 7.48. The van der Waals surface area contributed by atoms with Crippen LogP contribution in [0.25, 0.3) is 17.1 Å². The normalized spacial score (nSPS) is 14.2. The van der Waals surface area contributed by atoms with Crippen LogP contribution < -0.4 is 15.0 Å². The molecule has 5 rings (SSSR count). The number of alkyl halides is 4. The molecule has 46 heavy (non-hydrogen) atoms. The lowest BCUT2D eigenvalue weighted by atomic mass is 10.1. The number of carbonyl (C=O) groups excluding carboxylic acids is 2. The largest absolute Gasteiger partial charge is 0.432 e. The minimum atomic E-state index is -3.19. The van der Waals surface area contributed by atoms with Crippen LogP contribution in [-0.4, -0.2) is 55.7 Å². The quantitative estimate of drug-likeness (QED) is 0.139. The van der Waals surface area contributed by atoms with Crippen LogP contribution in [-0.2, 0) is 16.1 Å². The predicted octanol–water partition coefficient (Wildman–Crippen LogP) is 7.11. The Morgan fingerprint density at radius 2 is 1.91 bits per heavy atom. The summed E-state index contributed by atoms with van der Waals surface area (Å²) < 4.78 is 64.8. The van der Waals surface area contributed by atoms with E-state index in [-0.39, 0.29) is 52.8 Å². The molecular weight excluding hydrogens is 675 g/mol. The first kappa shape index (κ1) is 33.2. The summed E-state index contributed by atoms with van der Waals surface area (Å²) in [5, 5.41) is 6.65. The number of nitrogens with zero attached hydrogens (tertiary/aromatic N) is 5. The molecule has 1 aliphatic rings. The predicted molar refractivity (Wildman–Crippen MR) is 166 cm³/mol. The number of carbonyl (C=O) groups is 2. The molecule has 0 saturated carbocycles. The first-order chi connectivity index (χ1) is 22.0. The number of anilines is 2. The maximum atomic E-state index is 15.1. The molecule has 3 amide bonds. The van der Waals surface area contributed by atoms with Gasteiger partial charge in [-0.2, -0.15) is 13.8 Å². The monoisotopic (exact) mass is 696 g/mol. The van der Waals surface area contributed by atoms with E-state index in [1.807, 2.05) is 13.0 Å². The van der Waals surface area contributed by atoms with Crippen molar-refractivity contribution < 1.29 is 36.6 Å². The summed E-state index contributed by atoms with van der Waals surface area (Å²) in [6, 6.07) is 11.5. The number of amides is 3. The highest BCUT2D eigenvalue weighted by Crippen LogP contribution is 2.32. The van der Waals surface area contributed by atoms with Gasteiger partial charge in [0, 0.05) is 17.2 Å². The van der Waals surface area contributed by atoms with Gasteiger partial charge in [-0.3, -0.25) is 9.69 Å². The van der Waals surface area contributed by atoms with Gasteiger partial charge in [-0.05, 0) is 48.9 Å². The number of urea groups is 1. The van der Waals surface area contributed by atoms with E-state index < -0.39 is 34.9 Å². The van der Waals surface area contributed by atoms with E-state index in [9.17, 15) is 22.8 Å². The molecule has 1 N–H and O–H groups in total. The average Bonchev–Trinajstić information content (AvgIpc) is 3.63. The number of nitrogens with one attached hydrogen (secondary N) is 1. The molecule has 1 saturated heterocycles. The summed E-state index contributed by atoms with van der Waals surface area (Å²) in [5.74, 6) is -2.70. The maximum absolute atomic E-state index is 15.1. The number of thioether (sulfide) groups is 1. The minimum Gasteiger partial charge on any atom is -0.432 e. The maximum Gasteiger partial charge on any atom is 0.387 e. The standard InChI is InChI=1S/C29H22Cl2F4N6O4S/c1-15-2-3-17(11-44-12-24(30)31)22(8-15)41-25(42)13-46-29(41)38-28(43)37-21-6-4-16(9-19(21)32)26-36-14-40(39-26)18-5-7-23(20(33)10-18)45-27(34)35/h2-10,14,24,27H,11-13H2,1H3,(H,37,43)/b38-29-. The number of hydrogen-bond acceptors (Lipinski definition) is 7. The number of ether oxygens (including phenoxy) is 2. The molecule has 1 fully saturated rings. The molecule has 17 heteroatoms. The summed E-state index contributed by atoms with van der Waals surface area (Å²) in [6.07, 6.45) is 1.23. The summed E-state index contributed by atoms with van der Waals surface area (Å²) in [4.78, 5) is 34.4. The third-order valence-electron chi connectivity index (χ3n) is 6.30. The molecule has 0 radical (unpaired) electrons. The van der Waals surface area contributed by atoms with Crippen LogP contribution in [0.15, 0.2) is 65.9 Å². The van der Waals surface area contributed by atoms with E-state index in [2.05, 4.69) is 25.1 Å². The smallest absolute Gasteiger partial charge is 0.387 e. The molecular formula is C29H22Cl2F4N6O4S. The zero-order valence-corrected chi connectivity index (χ0v) is 25.9. The van der Waals surface area contributed by atoms with Crippen LogP contribution in [0.1, 0.15) is 11.1 Å². The Labute approximate surface area is 273 Å². The highest BCUT2D eigenvalue weighted by molar-refractivity contribution is 8.15. The highest BCUT2D eigenvalue weighted by Gasteiger charge is 2.32. The Bertz CT molecular complexity index is 1810. The molecule has 3 aromatic carbocycles. The van der Waals surface area contributed by atoms with Crippen LogP contribution in [0.4, 0.5) is 33.7 Å². The fourth-order valence-electron chi connectivity index (χ4n) is 4.27. The van der Waals surface area contributed by atoms with Crippen molar-refractivity contribution in [2.24, 2.45) is 4.99 Å². The first-order valence-corrected chi connectivity index (χ1v) is 15.1. The van der Waals surface area contributed by atoms with E-state index in [1.54, 1.807) is 12.1 Å². The van der Waals surface area contributed by atoms with Crippen molar-refractivity contribution in [1.82, 2.24) is 14.8 Å². The molecule has 1 aromatic heterocycles. The lowest BCUT2D eigenvalue weighted by Crippen LogP contribution is -2.31. The highest BCUT2D eigenvalue weighted by atomic mass is 35.5. The minimum absolute atomic E-state index is 0.0365. The Kier molecular flexibility index (Phi) is 10.5. The van der Waals surface area contributed by atoms with Gasteiger partial charge in [0.2, 0.25) is 5.91 Å². The molecule has 0 spiro atoms. The number of aryl methyl sites for hydroxylation is 1. The van der Waals surface area contributed by atoms with Crippen molar-refractivity contribution in [3.05, 3.63) is 83.7 Å². The van der Waals surface area contributed by atoms with Gasteiger partial charge in [0.15, 0.2) is 22.6 Å². The molecule has 240 valence electrons. The summed E-state index contributed by atoms with van der Waals surface area (Å²) in [6.45, 7) is -1.17. The van der Waals surface area contributed by atoms with Crippen molar-refractivity contribution in [3.63, 3.8) is 0 Å². The van der Waals surface area contributed by atoms with E-state index in [1.165, 1.54) is 34.1 Å². The molecule has 1 aliphatic heterocycles. The lowest BCUT2D eigenvalue weighted by molar-refractivity contribution is -0.115. The number of rotatable bonds is 10. The van der Waals surface area contributed by atoms with Gasteiger partial charge in [0.25, 0.3) is 0 Å². The second kappa shape index (κ2) is 14.5. The summed E-state index contributed by atoms with van der Waals surface area (Å²) in [7, 11) is 0. The second-order valence-electron chi connectivity index (χ2n) is 9.58. The average molecular weight is 697 g/mol. The van der Waals surface area contributed by atoms with Crippen LogP contribution in [0.3, 0.4) is 0 Å². The molecule has 10 nitrogen and oxygen atoms in total. The number of amidine groups is 1. The number of halogens is 6. The van der Waals surface area contributed by atoms with Crippen LogP contribution >= 0.6 is 35.0 Å². The van der Waals surface area contributed by atoms with Gasteiger partial charge in [-0.1, -0.05) is 23.9 Å². The fraction of sp³-hybridized carbons (Fsp3) is 0.207. The molecule has 0 unspecified atom stereocenters. The topological polar surface area (TPSA) is 111 Å². The Morgan fingerprint density at radius 1 is 1.11 bits per heavy atom. The van der Waals surface area contributed by atoms with Gasteiger partial charge in [0.1, 0.15) is 17.0 Å². The van der Waals surface area contributed by atoms with Gasteiger partial charge < -0.3 is 14.8 Å². The lowest BCUT2D eigenvalue weighted by Gasteiger charge is -2.20. The second-order valence-corrected chi connectivity index (χ2v) is 11.8. The van der Waals surface area contributed by atoms with Crippen LogP contribution in [0.5, 0.6) is 5.75 Å². The first-order valence-electron chi connectivity index (χ1n) is 13.3. The van der Waals surface area contributed by atoms with E-state index in [0.29, 0.717) is 11.3 Å². The van der Waals surface area contributed by atoms with Crippen LogP contribution in [0, 0.1) is 18.6 Å². The number of aromatic nitrogens is 3. The Balaban J connectivity index is 1.30.